The fraction of sp³-hybridized carbons (Fsp3) is 0.381. The van der Waals surface area contributed by atoms with Gasteiger partial charge in [-0.05, 0) is 48.9 Å². The van der Waals surface area contributed by atoms with Gasteiger partial charge in [0.05, 0.1) is 19.6 Å². The van der Waals surface area contributed by atoms with Crippen LogP contribution in [-0.2, 0) is 20.9 Å². The predicted molar refractivity (Wildman–Crippen MR) is 104 cm³/mol. The topological polar surface area (TPSA) is 78.0 Å². The summed E-state index contributed by atoms with van der Waals surface area (Å²) in [7, 11) is 1.34. The highest BCUT2D eigenvalue weighted by Gasteiger charge is 2.22. The second-order valence-corrected chi connectivity index (χ2v) is 6.25. The van der Waals surface area contributed by atoms with Crippen LogP contribution < -0.4 is 9.47 Å². The lowest BCUT2D eigenvalue weighted by Crippen LogP contribution is -2.39. The van der Waals surface area contributed by atoms with E-state index in [0.717, 1.165) is 11.3 Å². The summed E-state index contributed by atoms with van der Waals surface area (Å²) in [4.78, 5) is 30.1. The minimum absolute atomic E-state index is 0.132. The lowest BCUT2D eigenvalue weighted by molar-refractivity contribution is -0.147. The normalized spacial score (nSPS) is 11.4. The van der Waals surface area contributed by atoms with Crippen molar-refractivity contribution in [3.8, 4) is 11.5 Å². The Balaban J connectivity index is 2.01. The number of amides is 1. The number of methoxy groups -OCH3 is 1. The molecule has 1 heterocycles. The van der Waals surface area contributed by atoms with E-state index in [9.17, 15) is 9.59 Å². The molecule has 1 aromatic carbocycles. The predicted octanol–water partition coefficient (Wildman–Crippen LogP) is 2.70. The van der Waals surface area contributed by atoms with Crippen molar-refractivity contribution < 1.29 is 23.8 Å². The Bertz CT molecular complexity index is 749. The van der Waals surface area contributed by atoms with E-state index in [-0.39, 0.29) is 25.0 Å². The Labute approximate surface area is 165 Å². The smallest absolute Gasteiger partial charge is 0.310 e. The Morgan fingerprint density at radius 1 is 1.04 bits per heavy atom. The third-order valence-corrected chi connectivity index (χ3v) is 4.07. The van der Waals surface area contributed by atoms with Crippen molar-refractivity contribution in [3.63, 3.8) is 0 Å². The van der Waals surface area contributed by atoms with Crippen LogP contribution in [0.1, 0.15) is 19.4 Å². The molecule has 0 aliphatic rings. The summed E-state index contributed by atoms with van der Waals surface area (Å²) in [5.74, 6) is 0.289. The van der Waals surface area contributed by atoms with Crippen LogP contribution in [0.2, 0.25) is 0 Å². The summed E-state index contributed by atoms with van der Waals surface area (Å²) in [6.45, 7) is 4.69. The summed E-state index contributed by atoms with van der Waals surface area (Å²) >= 11 is 0. The Morgan fingerprint density at radius 2 is 1.64 bits per heavy atom. The Morgan fingerprint density at radius 3 is 2.21 bits per heavy atom. The molecule has 1 aromatic heterocycles. The van der Waals surface area contributed by atoms with E-state index in [2.05, 4.69) is 4.98 Å². The van der Waals surface area contributed by atoms with Crippen LogP contribution in [0.4, 0.5) is 0 Å². The quantitative estimate of drug-likeness (QED) is 0.584. The molecule has 0 N–H and O–H groups in total. The first-order chi connectivity index (χ1) is 13.5. The molecule has 1 unspecified atom stereocenters. The van der Waals surface area contributed by atoms with E-state index in [4.69, 9.17) is 14.2 Å². The van der Waals surface area contributed by atoms with E-state index in [1.807, 2.05) is 19.1 Å². The minimum atomic E-state index is -0.443. The highest BCUT2D eigenvalue weighted by molar-refractivity contribution is 5.79. The summed E-state index contributed by atoms with van der Waals surface area (Å²) < 4.78 is 15.8. The SMILES string of the molecule is CCOc1ccc(OCC(=O)N(Cc2ccncc2)CC(C)C(=O)OC)cc1. The molecule has 0 aliphatic carbocycles. The van der Waals surface area contributed by atoms with Crippen LogP contribution in [-0.4, -0.2) is 48.6 Å². The van der Waals surface area contributed by atoms with E-state index >= 15 is 0 Å². The molecule has 0 saturated heterocycles. The molecule has 0 bridgehead atoms. The van der Waals surface area contributed by atoms with Crippen molar-refractivity contribution in [3.05, 3.63) is 54.4 Å². The molecule has 0 fully saturated rings. The van der Waals surface area contributed by atoms with Gasteiger partial charge in [-0.15, -0.1) is 0 Å². The summed E-state index contributed by atoms with van der Waals surface area (Å²) in [5.41, 5.74) is 0.918. The maximum absolute atomic E-state index is 12.7. The van der Waals surface area contributed by atoms with Crippen LogP contribution in [0, 0.1) is 5.92 Å². The van der Waals surface area contributed by atoms with E-state index in [1.54, 1.807) is 48.5 Å². The average molecular weight is 386 g/mol. The first-order valence-electron chi connectivity index (χ1n) is 9.13. The molecule has 7 heteroatoms. The second-order valence-electron chi connectivity index (χ2n) is 6.25. The standard InChI is InChI=1S/C21H26N2O5/c1-4-27-18-5-7-19(8-6-18)28-15-20(24)23(13-16(2)21(25)26-3)14-17-9-11-22-12-10-17/h5-12,16H,4,13-15H2,1-3H3. The van der Waals surface area contributed by atoms with Gasteiger partial charge in [0.2, 0.25) is 0 Å². The molecule has 0 spiro atoms. The Kier molecular flexibility index (Phi) is 8.27. The van der Waals surface area contributed by atoms with Gasteiger partial charge in [0.1, 0.15) is 11.5 Å². The molecule has 28 heavy (non-hydrogen) atoms. The van der Waals surface area contributed by atoms with Crippen LogP contribution >= 0.6 is 0 Å². The van der Waals surface area contributed by atoms with E-state index in [1.165, 1.54) is 7.11 Å². The summed E-state index contributed by atoms with van der Waals surface area (Å²) in [6.07, 6.45) is 3.33. The van der Waals surface area contributed by atoms with Crippen molar-refractivity contribution in [2.24, 2.45) is 5.92 Å². The minimum Gasteiger partial charge on any atom is -0.494 e. The number of ether oxygens (including phenoxy) is 3. The molecule has 150 valence electrons. The van der Waals surface area contributed by atoms with Crippen molar-refractivity contribution in [1.29, 1.82) is 0 Å². The van der Waals surface area contributed by atoms with Gasteiger partial charge in [-0.2, -0.15) is 0 Å². The second kappa shape index (κ2) is 10.9. The lowest BCUT2D eigenvalue weighted by atomic mass is 10.1. The zero-order valence-corrected chi connectivity index (χ0v) is 16.5. The number of carbonyl (C=O) groups is 2. The fourth-order valence-corrected chi connectivity index (χ4v) is 2.60. The van der Waals surface area contributed by atoms with Crippen molar-refractivity contribution in [2.45, 2.75) is 20.4 Å². The Hall–Kier alpha value is -3.09. The average Bonchev–Trinajstić information content (AvgIpc) is 2.72. The van der Waals surface area contributed by atoms with Gasteiger partial charge in [-0.3, -0.25) is 14.6 Å². The van der Waals surface area contributed by atoms with Gasteiger partial charge in [-0.1, -0.05) is 6.92 Å². The first kappa shape index (κ1) is 21.2. The highest BCUT2D eigenvalue weighted by atomic mass is 16.5. The lowest BCUT2D eigenvalue weighted by Gasteiger charge is -2.25. The van der Waals surface area contributed by atoms with Gasteiger partial charge in [0, 0.05) is 25.5 Å². The third kappa shape index (κ3) is 6.57. The van der Waals surface area contributed by atoms with Gasteiger partial charge in [0.15, 0.2) is 6.61 Å². The monoisotopic (exact) mass is 386 g/mol. The van der Waals surface area contributed by atoms with Crippen molar-refractivity contribution in [2.75, 3.05) is 26.9 Å². The molecule has 2 aromatic rings. The van der Waals surface area contributed by atoms with E-state index in [0.29, 0.717) is 18.9 Å². The number of carbonyl (C=O) groups excluding carboxylic acids is 2. The molecular weight excluding hydrogens is 360 g/mol. The number of benzene rings is 1. The van der Waals surface area contributed by atoms with Crippen LogP contribution in [0.25, 0.3) is 0 Å². The molecule has 1 atom stereocenters. The number of esters is 1. The summed E-state index contributed by atoms with van der Waals surface area (Å²) in [5, 5.41) is 0. The molecule has 7 nitrogen and oxygen atoms in total. The van der Waals surface area contributed by atoms with Crippen LogP contribution in [0.5, 0.6) is 11.5 Å². The van der Waals surface area contributed by atoms with Gasteiger partial charge in [-0.25, -0.2) is 0 Å². The molecule has 1 amide bonds. The van der Waals surface area contributed by atoms with Crippen molar-refractivity contribution >= 4 is 11.9 Å². The number of pyridine rings is 1. The maximum atomic E-state index is 12.7. The number of nitrogens with zero attached hydrogens (tertiary/aromatic N) is 2. The molecule has 0 saturated carbocycles. The maximum Gasteiger partial charge on any atom is 0.310 e. The van der Waals surface area contributed by atoms with Gasteiger partial charge in [0.25, 0.3) is 5.91 Å². The number of rotatable bonds is 10. The third-order valence-electron chi connectivity index (χ3n) is 4.07. The zero-order chi connectivity index (χ0) is 20.4. The molecule has 0 aliphatic heterocycles. The first-order valence-corrected chi connectivity index (χ1v) is 9.13. The largest absolute Gasteiger partial charge is 0.494 e. The van der Waals surface area contributed by atoms with Gasteiger partial charge >= 0.3 is 5.97 Å². The number of aromatic nitrogens is 1. The zero-order valence-electron chi connectivity index (χ0n) is 16.5. The van der Waals surface area contributed by atoms with E-state index < -0.39 is 5.92 Å². The molecule has 0 radical (unpaired) electrons. The summed E-state index contributed by atoms with van der Waals surface area (Å²) in [6, 6.07) is 10.7. The highest BCUT2D eigenvalue weighted by Crippen LogP contribution is 2.18. The molecular formula is C21H26N2O5. The fourth-order valence-electron chi connectivity index (χ4n) is 2.60. The molecule has 2 rings (SSSR count). The van der Waals surface area contributed by atoms with Crippen LogP contribution in [0.15, 0.2) is 48.8 Å². The van der Waals surface area contributed by atoms with Crippen LogP contribution in [0.3, 0.4) is 0 Å². The van der Waals surface area contributed by atoms with Crippen molar-refractivity contribution in [1.82, 2.24) is 9.88 Å². The number of hydrogen-bond acceptors (Lipinski definition) is 6. The number of hydrogen-bond donors (Lipinski definition) is 0. The van der Waals surface area contributed by atoms with Gasteiger partial charge < -0.3 is 19.1 Å².